The van der Waals surface area contributed by atoms with E-state index in [1.165, 1.54) is 32.5 Å². The second kappa shape index (κ2) is 6.85. The van der Waals surface area contributed by atoms with Gasteiger partial charge in [-0.25, -0.2) is 0 Å². The van der Waals surface area contributed by atoms with Gasteiger partial charge in [-0.15, -0.1) is 0 Å². The molecular formula is C14H29N3O. The van der Waals surface area contributed by atoms with Crippen molar-refractivity contribution in [3.8, 4) is 0 Å². The first-order valence-electron chi connectivity index (χ1n) is 7.49. The van der Waals surface area contributed by atoms with E-state index in [2.05, 4.69) is 29.0 Å². The van der Waals surface area contributed by atoms with Crippen LogP contribution in [0.4, 0.5) is 0 Å². The highest BCUT2D eigenvalue weighted by Gasteiger charge is 2.26. The molecular weight excluding hydrogens is 226 g/mol. The van der Waals surface area contributed by atoms with Gasteiger partial charge in [0.2, 0.25) is 0 Å². The van der Waals surface area contributed by atoms with Crippen molar-refractivity contribution in [1.29, 1.82) is 0 Å². The van der Waals surface area contributed by atoms with E-state index in [1.54, 1.807) is 0 Å². The van der Waals surface area contributed by atoms with Gasteiger partial charge in [-0.1, -0.05) is 13.8 Å². The lowest BCUT2D eigenvalue weighted by Gasteiger charge is -2.37. The average molecular weight is 255 g/mol. The summed E-state index contributed by atoms with van der Waals surface area (Å²) in [5, 5.41) is 12.9. The van der Waals surface area contributed by atoms with Gasteiger partial charge in [0.25, 0.3) is 0 Å². The summed E-state index contributed by atoms with van der Waals surface area (Å²) in [6.45, 7) is 11.7. The van der Waals surface area contributed by atoms with Gasteiger partial charge in [-0.3, -0.25) is 4.90 Å². The fraction of sp³-hybridized carbons (Fsp3) is 1.00. The van der Waals surface area contributed by atoms with Crippen molar-refractivity contribution < 1.29 is 5.11 Å². The fourth-order valence-electron chi connectivity index (χ4n) is 2.73. The van der Waals surface area contributed by atoms with Crippen LogP contribution in [0.25, 0.3) is 0 Å². The first kappa shape index (κ1) is 14.3. The Morgan fingerprint density at radius 3 is 2.06 bits per heavy atom. The highest BCUT2D eigenvalue weighted by atomic mass is 16.3. The van der Waals surface area contributed by atoms with Crippen LogP contribution in [0.3, 0.4) is 0 Å². The second-order valence-corrected chi connectivity index (χ2v) is 6.32. The molecule has 2 N–H and O–H groups in total. The number of hydrogen-bond donors (Lipinski definition) is 2. The van der Waals surface area contributed by atoms with Crippen LogP contribution in [0.15, 0.2) is 0 Å². The van der Waals surface area contributed by atoms with E-state index >= 15 is 0 Å². The summed E-state index contributed by atoms with van der Waals surface area (Å²) in [7, 11) is 0. The number of piperazine rings is 1. The Balaban J connectivity index is 1.65. The number of rotatable bonds is 7. The van der Waals surface area contributed by atoms with E-state index in [0.29, 0.717) is 6.04 Å². The Hall–Kier alpha value is -0.160. The van der Waals surface area contributed by atoms with E-state index in [1.807, 2.05) is 0 Å². The highest BCUT2D eigenvalue weighted by molar-refractivity contribution is 4.86. The maximum absolute atomic E-state index is 9.40. The van der Waals surface area contributed by atoms with Crippen molar-refractivity contribution in [2.45, 2.75) is 38.8 Å². The molecule has 1 unspecified atom stereocenters. The van der Waals surface area contributed by atoms with Crippen LogP contribution in [0, 0.1) is 5.92 Å². The van der Waals surface area contributed by atoms with Crippen molar-refractivity contribution in [2.24, 2.45) is 5.92 Å². The van der Waals surface area contributed by atoms with Gasteiger partial charge in [0.15, 0.2) is 0 Å². The molecule has 1 atom stereocenters. The Bertz CT molecular complexity index is 235. The summed E-state index contributed by atoms with van der Waals surface area (Å²) in [4.78, 5) is 5.05. The van der Waals surface area contributed by atoms with E-state index < -0.39 is 0 Å². The van der Waals surface area contributed by atoms with Gasteiger partial charge in [-0.2, -0.15) is 0 Å². The fourth-order valence-corrected chi connectivity index (χ4v) is 2.73. The van der Waals surface area contributed by atoms with Gasteiger partial charge in [0, 0.05) is 51.4 Å². The maximum Gasteiger partial charge on any atom is 0.0597 e. The Morgan fingerprint density at radius 1 is 1.06 bits per heavy atom. The maximum atomic E-state index is 9.40. The molecule has 0 aromatic carbocycles. The minimum atomic E-state index is 0.267. The standard InChI is InChI=1S/C14H29N3O/c1-12(2)9-16-5-7-17(8-6-16)10-14(11-18)15-13-3-4-13/h12-15,18H,3-11H2,1-2H3. The van der Waals surface area contributed by atoms with E-state index in [9.17, 15) is 5.11 Å². The summed E-state index contributed by atoms with van der Waals surface area (Å²) >= 11 is 0. The van der Waals surface area contributed by atoms with Gasteiger partial charge in [0.1, 0.15) is 0 Å². The quantitative estimate of drug-likeness (QED) is 0.689. The number of aliphatic hydroxyl groups is 1. The van der Waals surface area contributed by atoms with Gasteiger partial charge in [0.05, 0.1) is 6.61 Å². The zero-order valence-corrected chi connectivity index (χ0v) is 11.9. The van der Waals surface area contributed by atoms with Gasteiger partial charge < -0.3 is 15.3 Å². The van der Waals surface area contributed by atoms with Gasteiger partial charge in [-0.05, 0) is 18.8 Å². The van der Waals surface area contributed by atoms with Crippen LogP contribution in [-0.4, -0.2) is 72.9 Å². The summed E-state index contributed by atoms with van der Waals surface area (Å²) < 4.78 is 0. The largest absolute Gasteiger partial charge is 0.395 e. The second-order valence-electron chi connectivity index (χ2n) is 6.32. The summed E-state index contributed by atoms with van der Waals surface area (Å²) in [5.74, 6) is 0.762. The molecule has 18 heavy (non-hydrogen) atoms. The molecule has 106 valence electrons. The van der Waals surface area contributed by atoms with Crippen LogP contribution in [0.2, 0.25) is 0 Å². The molecule has 1 aliphatic carbocycles. The zero-order chi connectivity index (χ0) is 13.0. The topological polar surface area (TPSA) is 38.7 Å². The van der Waals surface area contributed by atoms with Crippen molar-refractivity contribution in [2.75, 3.05) is 45.9 Å². The van der Waals surface area contributed by atoms with Crippen molar-refractivity contribution in [3.05, 3.63) is 0 Å². The Morgan fingerprint density at radius 2 is 1.61 bits per heavy atom. The molecule has 4 nitrogen and oxygen atoms in total. The normalized spacial score (nSPS) is 24.7. The van der Waals surface area contributed by atoms with Crippen LogP contribution < -0.4 is 5.32 Å². The molecule has 0 amide bonds. The van der Waals surface area contributed by atoms with Crippen molar-refractivity contribution >= 4 is 0 Å². The van der Waals surface area contributed by atoms with E-state index in [0.717, 1.165) is 25.6 Å². The molecule has 1 saturated heterocycles. The van der Waals surface area contributed by atoms with E-state index in [4.69, 9.17) is 0 Å². The predicted octanol–water partition coefficient (Wildman–Crippen LogP) is 0.373. The molecule has 4 heteroatoms. The Labute approximate surface area is 111 Å². The minimum absolute atomic E-state index is 0.267. The molecule has 0 spiro atoms. The monoisotopic (exact) mass is 255 g/mol. The number of aliphatic hydroxyl groups excluding tert-OH is 1. The molecule has 1 heterocycles. The van der Waals surface area contributed by atoms with Gasteiger partial charge >= 0.3 is 0 Å². The molecule has 0 aromatic heterocycles. The van der Waals surface area contributed by atoms with Crippen LogP contribution >= 0.6 is 0 Å². The predicted molar refractivity (Wildman–Crippen MR) is 74.7 cm³/mol. The lowest BCUT2D eigenvalue weighted by molar-refractivity contribution is 0.102. The summed E-state index contributed by atoms with van der Waals surface area (Å²) in [6.07, 6.45) is 2.58. The first-order chi connectivity index (χ1) is 8.67. The highest BCUT2D eigenvalue weighted by Crippen LogP contribution is 2.19. The lowest BCUT2D eigenvalue weighted by Crippen LogP contribution is -2.52. The van der Waals surface area contributed by atoms with Crippen LogP contribution in [-0.2, 0) is 0 Å². The minimum Gasteiger partial charge on any atom is -0.395 e. The molecule has 2 fully saturated rings. The van der Waals surface area contributed by atoms with Crippen molar-refractivity contribution in [3.63, 3.8) is 0 Å². The summed E-state index contributed by atoms with van der Waals surface area (Å²) in [5.41, 5.74) is 0. The van der Waals surface area contributed by atoms with Crippen LogP contribution in [0.1, 0.15) is 26.7 Å². The third kappa shape index (κ3) is 4.84. The smallest absolute Gasteiger partial charge is 0.0597 e. The molecule has 1 saturated carbocycles. The summed E-state index contributed by atoms with van der Waals surface area (Å²) in [6, 6.07) is 0.957. The molecule has 0 radical (unpaired) electrons. The molecule has 2 aliphatic rings. The molecule has 0 bridgehead atoms. The number of nitrogens with zero attached hydrogens (tertiary/aromatic N) is 2. The number of nitrogens with one attached hydrogen (secondary N) is 1. The average Bonchev–Trinajstić information content (AvgIpc) is 3.14. The van der Waals surface area contributed by atoms with Crippen LogP contribution in [0.5, 0.6) is 0 Å². The Kier molecular flexibility index (Phi) is 5.42. The van der Waals surface area contributed by atoms with Crippen molar-refractivity contribution in [1.82, 2.24) is 15.1 Å². The zero-order valence-electron chi connectivity index (χ0n) is 11.9. The molecule has 0 aromatic rings. The molecule has 2 rings (SSSR count). The van der Waals surface area contributed by atoms with E-state index in [-0.39, 0.29) is 12.6 Å². The third-order valence-corrected chi connectivity index (χ3v) is 3.84. The number of hydrogen-bond acceptors (Lipinski definition) is 4. The third-order valence-electron chi connectivity index (χ3n) is 3.84. The first-order valence-corrected chi connectivity index (χ1v) is 7.49. The molecule has 1 aliphatic heterocycles. The SMILES string of the molecule is CC(C)CN1CCN(CC(CO)NC2CC2)CC1. The lowest BCUT2D eigenvalue weighted by atomic mass is 10.2.